The number of carbonyl (C=O) groups is 1. The Morgan fingerprint density at radius 2 is 1.69 bits per heavy atom. The average molecular weight is 451 g/mol. The molecule has 29 heavy (non-hydrogen) atoms. The Bertz CT molecular complexity index is 893. The molecule has 148 valence electrons. The summed E-state index contributed by atoms with van der Waals surface area (Å²) in [5.41, 5.74) is 2.33. The highest BCUT2D eigenvalue weighted by Gasteiger charge is 2.30. The van der Waals surface area contributed by atoms with E-state index in [-0.39, 0.29) is 17.9 Å². The van der Waals surface area contributed by atoms with E-state index < -0.39 is 0 Å². The van der Waals surface area contributed by atoms with Crippen molar-refractivity contribution in [3.05, 3.63) is 94.6 Å². The fraction of sp³-hybridized carbons (Fsp3) is 0.250. The van der Waals surface area contributed by atoms with Crippen molar-refractivity contribution in [2.24, 2.45) is 0 Å². The molecule has 0 N–H and O–H groups in total. The third kappa shape index (κ3) is 5.04. The first-order valence-corrected chi connectivity index (χ1v) is 10.6. The maximum atomic E-state index is 13.1. The zero-order valence-corrected chi connectivity index (χ0v) is 17.7. The fourth-order valence-corrected chi connectivity index (χ4v) is 3.99. The number of hydrogen-bond acceptors (Lipinski definition) is 3. The monoisotopic (exact) mass is 450 g/mol. The molecular weight excluding hydrogens is 428 g/mol. The Morgan fingerprint density at radius 1 is 1.03 bits per heavy atom. The van der Waals surface area contributed by atoms with Crippen LogP contribution >= 0.6 is 15.9 Å². The zero-order valence-electron chi connectivity index (χ0n) is 16.1. The summed E-state index contributed by atoms with van der Waals surface area (Å²) in [5.74, 6) is 0.814. The van der Waals surface area contributed by atoms with Gasteiger partial charge in [0.15, 0.2) is 0 Å². The Hall–Kier alpha value is -2.66. The maximum absolute atomic E-state index is 13.1. The predicted molar refractivity (Wildman–Crippen MR) is 117 cm³/mol. The number of likely N-dealkylation sites (tertiary alicyclic amines) is 1. The molecule has 2 heterocycles. The van der Waals surface area contributed by atoms with Crippen LogP contribution in [0.15, 0.2) is 83.5 Å². The summed E-state index contributed by atoms with van der Waals surface area (Å²) in [4.78, 5) is 19.3. The molecule has 1 aliphatic heterocycles. The van der Waals surface area contributed by atoms with Crippen molar-refractivity contribution in [1.82, 2.24) is 9.88 Å². The Balaban J connectivity index is 1.42. The van der Waals surface area contributed by atoms with Crippen molar-refractivity contribution in [2.75, 3.05) is 13.1 Å². The van der Waals surface area contributed by atoms with E-state index >= 15 is 0 Å². The van der Waals surface area contributed by atoms with Crippen LogP contribution in [0.3, 0.4) is 0 Å². The summed E-state index contributed by atoms with van der Waals surface area (Å²) in [6.45, 7) is 1.32. The van der Waals surface area contributed by atoms with Gasteiger partial charge in [0.25, 0.3) is 0 Å². The topological polar surface area (TPSA) is 42.4 Å². The van der Waals surface area contributed by atoms with E-state index in [1.54, 1.807) is 6.20 Å². The van der Waals surface area contributed by atoms with Gasteiger partial charge in [-0.3, -0.25) is 4.79 Å². The van der Waals surface area contributed by atoms with E-state index in [2.05, 4.69) is 45.2 Å². The predicted octanol–water partition coefficient (Wildman–Crippen LogP) is 5.05. The number of pyridine rings is 1. The third-order valence-corrected chi connectivity index (χ3v) is 5.74. The first kappa shape index (κ1) is 19.6. The molecule has 3 aromatic rings. The molecule has 4 rings (SSSR count). The molecule has 0 saturated carbocycles. The summed E-state index contributed by atoms with van der Waals surface area (Å²) in [7, 11) is 0. The number of ether oxygens (including phenoxy) is 1. The number of benzene rings is 2. The minimum absolute atomic E-state index is 0.0143. The van der Waals surface area contributed by atoms with Crippen molar-refractivity contribution < 1.29 is 9.53 Å². The number of hydrogen-bond donors (Lipinski definition) is 0. The summed E-state index contributed by atoms with van der Waals surface area (Å²) < 4.78 is 6.88. The molecule has 1 saturated heterocycles. The van der Waals surface area contributed by atoms with Gasteiger partial charge in [0, 0.05) is 42.0 Å². The molecule has 5 heteroatoms. The number of rotatable bonds is 6. The summed E-state index contributed by atoms with van der Waals surface area (Å²) in [5, 5.41) is 0. The molecule has 0 aliphatic carbocycles. The van der Waals surface area contributed by atoms with Crippen LogP contribution in [-0.2, 0) is 4.79 Å². The van der Waals surface area contributed by atoms with Crippen LogP contribution < -0.4 is 4.74 Å². The summed E-state index contributed by atoms with van der Waals surface area (Å²) in [6, 6.07) is 24.3. The lowest BCUT2D eigenvalue weighted by Gasteiger charge is -2.22. The summed E-state index contributed by atoms with van der Waals surface area (Å²) in [6.07, 6.45) is 2.99. The third-order valence-electron chi connectivity index (χ3n) is 5.27. The molecule has 4 nitrogen and oxygen atoms in total. The molecule has 1 unspecified atom stereocenters. The molecule has 1 aliphatic rings. The number of aromatic nitrogens is 1. The Morgan fingerprint density at radius 3 is 2.28 bits per heavy atom. The molecule has 1 atom stereocenters. The lowest BCUT2D eigenvalue weighted by atomic mass is 9.88. The van der Waals surface area contributed by atoms with Gasteiger partial charge in [0.2, 0.25) is 11.8 Å². The van der Waals surface area contributed by atoms with Gasteiger partial charge in [-0.25, -0.2) is 4.98 Å². The van der Waals surface area contributed by atoms with Gasteiger partial charge in [-0.1, -0.05) is 60.7 Å². The van der Waals surface area contributed by atoms with Gasteiger partial charge in [-0.2, -0.15) is 0 Å². The van der Waals surface area contributed by atoms with Crippen LogP contribution in [0.5, 0.6) is 5.88 Å². The molecule has 1 amide bonds. The van der Waals surface area contributed by atoms with Gasteiger partial charge < -0.3 is 9.64 Å². The lowest BCUT2D eigenvalue weighted by Crippen LogP contribution is -2.32. The van der Waals surface area contributed by atoms with Gasteiger partial charge >= 0.3 is 0 Å². The first-order chi connectivity index (χ1) is 14.2. The van der Waals surface area contributed by atoms with E-state index in [4.69, 9.17) is 4.74 Å². The van der Waals surface area contributed by atoms with Crippen molar-refractivity contribution in [1.29, 1.82) is 0 Å². The average Bonchev–Trinajstić information content (AvgIpc) is 3.23. The van der Waals surface area contributed by atoms with Gasteiger partial charge in [0.1, 0.15) is 6.10 Å². The largest absolute Gasteiger partial charge is 0.472 e. The second kappa shape index (κ2) is 9.23. The van der Waals surface area contributed by atoms with Gasteiger partial charge in [-0.15, -0.1) is 0 Å². The van der Waals surface area contributed by atoms with E-state index in [1.165, 1.54) is 0 Å². The Labute approximate surface area is 179 Å². The van der Waals surface area contributed by atoms with Crippen LogP contribution in [-0.4, -0.2) is 35.0 Å². The molecule has 1 aromatic heterocycles. The lowest BCUT2D eigenvalue weighted by molar-refractivity contribution is -0.130. The van der Waals surface area contributed by atoms with E-state index in [1.807, 2.05) is 53.4 Å². The van der Waals surface area contributed by atoms with E-state index in [0.717, 1.165) is 28.6 Å². The SMILES string of the molecule is O=C(CC(c1ccccc1)c1ccccc1)N1CCC(Oc2ccc(Br)cn2)C1. The molecule has 1 fully saturated rings. The van der Waals surface area contributed by atoms with Crippen molar-refractivity contribution >= 4 is 21.8 Å². The maximum Gasteiger partial charge on any atom is 0.223 e. The number of nitrogens with zero attached hydrogens (tertiary/aromatic N) is 2. The zero-order chi connectivity index (χ0) is 20.1. The molecule has 2 aromatic carbocycles. The highest BCUT2D eigenvalue weighted by atomic mass is 79.9. The highest BCUT2D eigenvalue weighted by molar-refractivity contribution is 9.10. The second-order valence-corrected chi connectivity index (χ2v) is 8.18. The van der Waals surface area contributed by atoms with Crippen LogP contribution in [0.2, 0.25) is 0 Å². The second-order valence-electron chi connectivity index (χ2n) is 7.26. The minimum atomic E-state index is -0.0143. The summed E-state index contributed by atoms with van der Waals surface area (Å²) >= 11 is 3.38. The molecule has 0 radical (unpaired) electrons. The quantitative estimate of drug-likeness (QED) is 0.527. The smallest absolute Gasteiger partial charge is 0.223 e. The Kier molecular flexibility index (Phi) is 6.25. The highest BCUT2D eigenvalue weighted by Crippen LogP contribution is 2.29. The van der Waals surface area contributed by atoms with Crippen molar-refractivity contribution in [2.45, 2.75) is 24.9 Å². The number of halogens is 1. The van der Waals surface area contributed by atoms with Crippen molar-refractivity contribution in [3.8, 4) is 5.88 Å². The number of carbonyl (C=O) groups excluding carboxylic acids is 1. The van der Waals surface area contributed by atoms with E-state index in [0.29, 0.717) is 18.8 Å². The first-order valence-electron chi connectivity index (χ1n) is 9.85. The fourth-order valence-electron chi connectivity index (χ4n) is 3.76. The van der Waals surface area contributed by atoms with Gasteiger partial charge in [-0.05, 0) is 33.1 Å². The van der Waals surface area contributed by atoms with Crippen LogP contribution in [0.25, 0.3) is 0 Å². The molecule has 0 bridgehead atoms. The minimum Gasteiger partial charge on any atom is -0.472 e. The van der Waals surface area contributed by atoms with Crippen LogP contribution in [0.4, 0.5) is 0 Å². The van der Waals surface area contributed by atoms with Crippen molar-refractivity contribution in [3.63, 3.8) is 0 Å². The van der Waals surface area contributed by atoms with E-state index in [9.17, 15) is 4.79 Å². The number of amides is 1. The van der Waals surface area contributed by atoms with Crippen LogP contribution in [0.1, 0.15) is 29.9 Å². The normalized spacial score (nSPS) is 16.2. The standard InChI is InChI=1S/C24H23BrN2O2/c25-20-11-12-23(26-16-20)29-21-13-14-27(17-21)24(28)15-22(18-7-3-1-4-8-18)19-9-5-2-6-10-19/h1-12,16,21-22H,13-15,17H2. The van der Waals surface area contributed by atoms with Crippen LogP contribution in [0, 0.1) is 0 Å². The molecular formula is C24H23BrN2O2. The van der Waals surface area contributed by atoms with Gasteiger partial charge in [0.05, 0.1) is 6.54 Å². The molecule has 0 spiro atoms.